The summed E-state index contributed by atoms with van der Waals surface area (Å²) >= 11 is 0. The van der Waals surface area contributed by atoms with Gasteiger partial charge in [-0.1, -0.05) is 50.6 Å². The molecule has 1 fully saturated rings. The van der Waals surface area contributed by atoms with Crippen LogP contribution in [-0.4, -0.2) is 52.5 Å². The molecular weight excluding hydrogens is 346 g/mol. The van der Waals surface area contributed by atoms with Crippen LogP contribution in [0.15, 0.2) is 30.3 Å². The summed E-state index contributed by atoms with van der Waals surface area (Å²) in [5, 5.41) is 12.1. The van der Waals surface area contributed by atoms with Crippen molar-refractivity contribution >= 4 is 17.8 Å². The second-order valence-corrected chi connectivity index (χ2v) is 7.19. The number of nitrogens with two attached hydrogens (primary N) is 1. The number of aliphatic carboxylic acids is 1. The van der Waals surface area contributed by atoms with Gasteiger partial charge >= 0.3 is 5.97 Å². The van der Waals surface area contributed by atoms with E-state index in [4.69, 9.17) is 5.73 Å². The van der Waals surface area contributed by atoms with Crippen molar-refractivity contribution in [1.82, 2.24) is 10.2 Å². The summed E-state index contributed by atoms with van der Waals surface area (Å²) < 4.78 is 0. The molecular formula is C20H29N3O4. The molecule has 27 heavy (non-hydrogen) atoms. The van der Waals surface area contributed by atoms with E-state index in [-0.39, 0.29) is 17.7 Å². The van der Waals surface area contributed by atoms with Gasteiger partial charge in [0.05, 0.1) is 6.04 Å². The zero-order valence-corrected chi connectivity index (χ0v) is 15.9. The van der Waals surface area contributed by atoms with Gasteiger partial charge in [0.1, 0.15) is 12.1 Å². The van der Waals surface area contributed by atoms with E-state index in [1.807, 2.05) is 44.2 Å². The highest BCUT2D eigenvalue weighted by molar-refractivity contribution is 5.92. The highest BCUT2D eigenvalue weighted by Crippen LogP contribution is 2.20. The lowest BCUT2D eigenvalue weighted by atomic mass is 9.98. The molecule has 0 aliphatic carbocycles. The van der Waals surface area contributed by atoms with Gasteiger partial charge in [-0.3, -0.25) is 9.59 Å². The Labute approximate surface area is 159 Å². The summed E-state index contributed by atoms with van der Waals surface area (Å²) in [6.45, 7) is 4.22. The third-order valence-corrected chi connectivity index (χ3v) is 5.28. The Bertz CT molecular complexity index is 664. The number of hydrogen-bond donors (Lipinski definition) is 3. The summed E-state index contributed by atoms with van der Waals surface area (Å²) in [6, 6.07) is 6.96. The van der Waals surface area contributed by atoms with E-state index in [2.05, 4.69) is 5.32 Å². The highest BCUT2D eigenvalue weighted by Gasteiger charge is 2.38. The molecule has 1 aliphatic heterocycles. The van der Waals surface area contributed by atoms with Crippen LogP contribution in [0.5, 0.6) is 0 Å². The first-order chi connectivity index (χ1) is 12.8. The lowest BCUT2D eigenvalue weighted by Gasteiger charge is -2.29. The SMILES string of the molecule is CC[C@H](C)[C@H](N)C(=O)N[C@@H](Cc1ccccc1)C(=O)N1CCC[C@H]1C(=O)O. The molecule has 0 aromatic heterocycles. The number of hydrogen-bond acceptors (Lipinski definition) is 4. The minimum Gasteiger partial charge on any atom is -0.480 e. The Hall–Kier alpha value is -2.41. The monoisotopic (exact) mass is 375 g/mol. The fourth-order valence-electron chi connectivity index (χ4n) is 3.32. The zero-order valence-electron chi connectivity index (χ0n) is 15.9. The maximum atomic E-state index is 13.1. The number of nitrogens with zero attached hydrogens (tertiary/aromatic N) is 1. The van der Waals surface area contributed by atoms with Gasteiger partial charge in [0.25, 0.3) is 0 Å². The molecule has 0 unspecified atom stereocenters. The number of rotatable bonds is 8. The zero-order chi connectivity index (χ0) is 20.0. The van der Waals surface area contributed by atoms with Gasteiger partial charge < -0.3 is 21.1 Å². The van der Waals surface area contributed by atoms with Crippen molar-refractivity contribution in [2.75, 3.05) is 6.54 Å². The molecule has 0 bridgehead atoms. The number of carbonyl (C=O) groups is 3. The number of likely N-dealkylation sites (tertiary alicyclic amines) is 1. The molecule has 1 saturated heterocycles. The average Bonchev–Trinajstić information content (AvgIpc) is 3.16. The molecule has 1 aromatic carbocycles. The first kappa shape index (κ1) is 20.9. The number of carboxylic acids is 1. The van der Waals surface area contributed by atoms with Crippen LogP contribution in [0.3, 0.4) is 0 Å². The number of carbonyl (C=O) groups excluding carboxylic acids is 2. The van der Waals surface area contributed by atoms with E-state index in [1.54, 1.807) is 0 Å². The van der Waals surface area contributed by atoms with E-state index < -0.39 is 24.1 Å². The van der Waals surface area contributed by atoms with Crippen molar-refractivity contribution in [3.63, 3.8) is 0 Å². The van der Waals surface area contributed by atoms with Crippen LogP contribution < -0.4 is 11.1 Å². The van der Waals surface area contributed by atoms with Crippen molar-refractivity contribution < 1.29 is 19.5 Å². The number of amides is 2. The standard InChI is InChI=1S/C20H29N3O4/c1-3-13(2)17(21)18(24)22-15(12-14-8-5-4-6-9-14)19(25)23-11-7-10-16(23)20(26)27/h4-6,8-9,13,15-17H,3,7,10-12,21H2,1-2H3,(H,22,24)(H,26,27)/t13-,15-,16-,17-/m0/s1. The molecule has 4 N–H and O–H groups in total. The topological polar surface area (TPSA) is 113 Å². The van der Waals surface area contributed by atoms with E-state index in [9.17, 15) is 19.5 Å². The van der Waals surface area contributed by atoms with Crippen LogP contribution in [0, 0.1) is 5.92 Å². The summed E-state index contributed by atoms with van der Waals surface area (Å²) in [5.74, 6) is -1.78. The molecule has 1 aliphatic rings. The van der Waals surface area contributed by atoms with Gasteiger partial charge in [-0.2, -0.15) is 0 Å². The molecule has 0 saturated carbocycles. The van der Waals surface area contributed by atoms with Crippen molar-refractivity contribution in [3.8, 4) is 0 Å². The van der Waals surface area contributed by atoms with E-state index >= 15 is 0 Å². The average molecular weight is 375 g/mol. The molecule has 2 rings (SSSR count). The molecule has 7 heteroatoms. The van der Waals surface area contributed by atoms with Gasteiger partial charge in [0, 0.05) is 13.0 Å². The minimum absolute atomic E-state index is 0.0176. The summed E-state index contributed by atoms with van der Waals surface area (Å²) in [5.41, 5.74) is 6.90. The van der Waals surface area contributed by atoms with Gasteiger partial charge in [0.2, 0.25) is 11.8 Å². The molecule has 2 amide bonds. The number of benzene rings is 1. The maximum Gasteiger partial charge on any atom is 0.326 e. The first-order valence-corrected chi connectivity index (χ1v) is 9.48. The van der Waals surface area contributed by atoms with Crippen LogP contribution in [0.2, 0.25) is 0 Å². The normalized spacial score (nSPS) is 20.0. The minimum atomic E-state index is -1.01. The van der Waals surface area contributed by atoms with Crippen molar-refractivity contribution in [3.05, 3.63) is 35.9 Å². The second-order valence-electron chi connectivity index (χ2n) is 7.19. The fraction of sp³-hybridized carbons (Fsp3) is 0.550. The third kappa shape index (κ3) is 5.29. The van der Waals surface area contributed by atoms with Crippen LogP contribution in [-0.2, 0) is 20.8 Å². The molecule has 1 heterocycles. The van der Waals surface area contributed by atoms with Crippen LogP contribution >= 0.6 is 0 Å². The molecule has 0 spiro atoms. The number of carboxylic acid groups (broad SMARTS) is 1. The van der Waals surface area contributed by atoms with Gasteiger partial charge in [-0.25, -0.2) is 4.79 Å². The second kappa shape index (κ2) is 9.50. The lowest BCUT2D eigenvalue weighted by molar-refractivity contribution is -0.149. The predicted molar refractivity (Wildman–Crippen MR) is 102 cm³/mol. The van der Waals surface area contributed by atoms with E-state index in [0.717, 1.165) is 12.0 Å². The fourth-order valence-corrected chi connectivity index (χ4v) is 3.32. The molecule has 4 atom stereocenters. The van der Waals surface area contributed by atoms with Gasteiger partial charge in [-0.05, 0) is 24.3 Å². The van der Waals surface area contributed by atoms with Crippen molar-refractivity contribution in [1.29, 1.82) is 0 Å². The molecule has 0 radical (unpaired) electrons. The third-order valence-electron chi connectivity index (χ3n) is 5.28. The first-order valence-electron chi connectivity index (χ1n) is 9.48. The Kier molecular flexibility index (Phi) is 7.36. The van der Waals surface area contributed by atoms with E-state index in [1.165, 1.54) is 4.90 Å². The Balaban J connectivity index is 2.19. The van der Waals surface area contributed by atoms with Crippen LogP contribution in [0.1, 0.15) is 38.7 Å². The number of nitrogens with one attached hydrogen (secondary N) is 1. The Morgan fingerprint density at radius 3 is 2.56 bits per heavy atom. The quantitative estimate of drug-likeness (QED) is 0.631. The maximum absolute atomic E-state index is 13.1. The molecule has 7 nitrogen and oxygen atoms in total. The molecule has 148 valence electrons. The summed E-state index contributed by atoms with van der Waals surface area (Å²) in [7, 11) is 0. The Morgan fingerprint density at radius 2 is 1.96 bits per heavy atom. The Morgan fingerprint density at radius 1 is 1.30 bits per heavy atom. The smallest absolute Gasteiger partial charge is 0.326 e. The highest BCUT2D eigenvalue weighted by atomic mass is 16.4. The van der Waals surface area contributed by atoms with Crippen molar-refractivity contribution in [2.45, 2.75) is 57.7 Å². The van der Waals surface area contributed by atoms with Crippen molar-refractivity contribution in [2.24, 2.45) is 11.7 Å². The van der Waals surface area contributed by atoms with Crippen LogP contribution in [0.4, 0.5) is 0 Å². The van der Waals surface area contributed by atoms with Gasteiger partial charge in [0.15, 0.2) is 0 Å². The molecule has 1 aromatic rings. The lowest BCUT2D eigenvalue weighted by Crippen LogP contribution is -2.56. The summed E-state index contributed by atoms with van der Waals surface area (Å²) in [6.07, 6.45) is 2.11. The predicted octanol–water partition coefficient (Wildman–Crippen LogP) is 1.16. The largest absolute Gasteiger partial charge is 0.480 e. The van der Waals surface area contributed by atoms with Gasteiger partial charge in [-0.15, -0.1) is 0 Å². The van der Waals surface area contributed by atoms with Crippen LogP contribution in [0.25, 0.3) is 0 Å². The summed E-state index contributed by atoms with van der Waals surface area (Å²) in [4.78, 5) is 38.4. The van der Waals surface area contributed by atoms with E-state index in [0.29, 0.717) is 25.8 Å².